The Morgan fingerprint density at radius 1 is 1.22 bits per heavy atom. The second-order valence-corrected chi connectivity index (χ2v) is 5.50. The van der Waals surface area contributed by atoms with Crippen molar-refractivity contribution < 1.29 is 4.74 Å². The maximum Gasteiger partial charge on any atom is 0.0594 e. The summed E-state index contributed by atoms with van der Waals surface area (Å²) in [5.74, 6) is 0. The number of ether oxygens (including phenoxy) is 1. The Hall–Kier alpha value is -0.160. The van der Waals surface area contributed by atoms with E-state index in [1.165, 1.54) is 6.42 Å². The molecule has 1 unspecified atom stereocenters. The summed E-state index contributed by atoms with van der Waals surface area (Å²) in [4.78, 5) is 5.07. The van der Waals surface area contributed by atoms with Gasteiger partial charge in [-0.1, -0.05) is 13.8 Å². The molecule has 0 radical (unpaired) electrons. The number of hydrogen-bond acceptors (Lipinski definition) is 4. The second kappa shape index (κ2) is 8.10. The molecule has 18 heavy (non-hydrogen) atoms. The molecule has 0 aromatic carbocycles. The molecule has 0 aromatic rings. The van der Waals surface area contributed by atoms with Crippen molar-refractivity contribution in [1.82, 2.24) is 9.80 Å². The third-order valence-corrected chi connectivity index (χ3v) is 4.25. The van der Waals surface area contributed by atoms with E-state index in [0.717, 1.165) is 58.9 Å². The Bertz CT molecular complexity index is 213. The topological polar surface area (TPSA) is 41.7 Å². The standard InChI is InChI=1S/C14H31N3O/c1-4-6-17(14(3,5-2)13-15)8-7-16-9-11-18-12-10-16/h4-13,15H2,1-3H3. The van der Waals surface area contributed by atoms with Gasteiger partial charge in [0, 0.05) is 38.3 Å². The first kappa shape index (κ1) is 15.9. The van der Waals surface area contributed by atoms with Crippen LogP contribution in [0.3, 0.4) is 0 Å². The van der Waals surface area contributed by atoms with Gasteiger partial charge in [-0.05, 0) is 26.3 Å². The van der Waals surface area contributed by atoms with Crippen LogP contribution in [0.25, 0.3) is 0 Å². The molecular weight excluding hydrogens is 226 g/mol. The Labute approximate surface area is 112 Å². The fraction of sp³-hybridized carbons (Fsp3) is 1.00. The molecule has 1 aliphatic heterocycles. The molecule has 0 spiro atoms. The molecule has 1 fully saturated rings. The molecule has 0 bridgehead atoms. The smallest absolute Gasteiger partial charge is 0.0594 e. The first-order valence-corrected chi connectivity index (χ1v) is 7.41. The minimum absolute atomic E-state index is 0.155. The number of rotatable bonds is 8. The average molecular weight is 257 g/mol. The maximum atomic E-state index is 5.98. The summed E-state index contributed by atoms with van der Waals surface area (Å²) in [7, 11) is 0. The van der Waals surface area contributed by atoms with Crippen molar-refractivity contribution in [2.75, 3.05) is 52.5 Å². The van der Waals surface area contributed by atoms with Gasteiger partial charge >= 0.3 is 0 Å². The zero-order valence-electron chi connectivity index (χ0n) is 12.5. The predicted molar refractivity (Wildman–Crippen MR) is 76.9 cm³/mol. The van der Waals surface area contributed by atoms with Crippen LogP contribution in [0.5, 0.6) is 0 Å². The molecule has 1 saturated heterocycles. The monoisotopic (exact) mass is 257 g/mol. The summed E-state index contributed by atoms with van der Waals surface area (Å²) in [5, 5.41) is 0. The van der Waals surface area contributed by atoms with Crippen molar-refractivity contribution in [3.63, 3.8) is 0 Å². The highest BCUT2D eigenvalue weighted by Crippen LogP contribution is 2.18. The summed E-state index contributed by atoms with van der Waals surface area (Å²) in [5.41, 5.74) is 6.14. The Balaban J connectivity index is 2.45. The third kappa shape index (κ3) is 4.50. The van der Waals surface area contributed by atoms with E-state index in [9.17, 15) is 0 Å². The summed E-state index contributed by atoms with van der Waals surface area (Å²) < 4.78 is 5.39. The Morgan fingerprint density at radius 2 is 1.89 bits per heavy atom. The SMILES string of the molecule is CCCN(CCN1CCOCC1)C(C)(CC)CN. The van der Waals surface area contributed by atoms with E-state index in [0.29, 0.717) is 0 Å². The van der Waals surface area contributed by atoms with Crippen LogP contribution in [0.1, 0.15) is 33.6 Å². The van der Waals surface area contributed by atoms with Crippen LogP contribution >= 0.6 is 0 Å². The molecule has 1 aliphatic rings. The molecule has 0 saturated carbocycles. The van der Waals surface area contributed by atoms with Gasteiger partial charge in [-0.15, -0.1) is 0 Å². The maximum absolute atomic E-state index is 5.98. The van der Waals surface area contributed by atoms with Crippen LogP contribution in [-0.2, 0) is 4.74 Å². The van der Waals surface area contributed by atoms with E-state index < -0.39 is 0 Å². The highest BCUT2D eigenvalue weighted by atomic mass is 16.5. The first-order valence-electron chi connectivity index (χ1n) is 7.41. The van der Waals surface area contributed by atoms with Crippen LogP contribution in [0.2, 0.25) is 0 Å². The summed E-state index contributed by atoms with van der Waals surface area (Å²) in [6, 6.07) is 0. The summed E-state index contributed by atoms with van der Waals surface area (Å²) in [6.07, 6.45) is 2.31. The normalized spacial score (nSPS) is 21.2. The summed E-state index contributed by atoms with van der Waals surface area (Å²) >= 11 is 0. The number of morpholine rings is 1. The average Bonchev–Trinajstić information content (AvgIpc) is 2.43. The Kier molecular flexibility index (Phi) is 7.15. The molecule has 2 N–H and O–H groups in total. The number of hydrogen-bond donors (Lipinski definition) is 1. The lowest BCUT2D eigenvalue weighted by Gasteiger charge is -2.41. The zero-order valence-corrected chi connectivity index (χ0v) is 12.5. The van der Waals surface area contributed by atoms with Crippen LogP contribution in [-0.4, -0.2) is 67.8 Å². The van der Waals surface area contributed by atoms with E-state index >= 15 is 0 Å². The van der Waals surface area contributed by atoms with Crippen LogP contribution in [0, 0.1) is 0 Å². The largest absolute Gasteiger partial charge is 0.379 e. The van der Waals surface area contributed by atoms with Gasteiger partial charge in [-0.2, -0.15) is 0 Å². The van der Waals surface area contributed by atoms with E-state index in [-0.39, 0.29) is 5.54 Å². The van der Waals surface area contributed by atoms with Gasteiger partial charge in [0.15, 0.2) is 0 Å². The van der Waals surface area contributed by atoms with Crippen molar-refractivity contribution in [1.29, 1.82) is 0 Å². The van der Waals surface area contributed by atoms with Gasteiger partial charge in [0.05, 0.1) is 13.2 Å². The van der Waals surface area contributed by atoms with Crippen LogP contribution < -0.4 is 5.73 Å². The van der Waals surface area contributed by atoms with Gasteiger partial charge in [0.25, 0.3) is 0 Å². The molecule has 0 amide bonds. The lowest BCUT2D eigenvalue weighted by molar-refractivity contribution is 0.0234. The fourth-order valence-corrected chi connectivity index (χ4v) is 2.51. The Morgan fingerprint density at radius 3 is 2.39 bits per heavy atom. The van der Waals surface area contributed by atoms with Crippen molar-refractivity contribution in [3.8, 4) is 0 Å². The van der Waals surface area contributed by atoms with Gasteiger partial charge in [-0.3, -0.25) is 9.80 Å². The van der Waals surface area contributed by atoms with Gasteiger partial charge in [0.1, 0.15) is 0 Å². The second-order valence-electron chi connectivity index (χ2n) is 5.50. The van der Waals surface area contributed by atoms with E-state index in [1.54, 1.807) is 0 Å². The van der Waals surface area contributed by atoms with Crippen molar-refractivity contribution in [2.24, 2.45) is 5.73 Å². The zero-order chi connectivity index (χ0) is 13.4. The van der Waals surface area contributed by atoms with Crippen molar-refractivity contribution in [3.05, 3.63) is 0 Å². The minimum atomic E-state index is 0.155. The number of nitrogens with zero attached hydrogens (tertiary/aromatic N) is 2. The van der Waals surface area contributed by atoms with Crippen LogP contribution in [0.15, 0.2) is 0 Å². The molecule has 4 heteroatoms. The van der Waals surface area contributed by atoms with Gasteiger partial charge < -0.3 is 10.5 Å². The highest BCUT2D eigenvalue weighted by Gasteiger charge is 2.28. The molecule has 108 valence electrons. The molecule has 1 heterocycles. The van der Waals surface area contributed by atoms with Gasteiger partial charge in [0.2, 0.25) is 0 Å². The van der Waals surface area contributed by atoms with Gasteiger partial charge in [-0.25, -0.2) is 0 Å². The molecule has 0 aliphatic carbocycles. The quantitative estimate of drug-likeness (QED) is 0.708. The predicted octanol–water partition coefficient (Wildman–Crippen LogP) is 1.16. The lowest BCUT2D eigenvalue weighted by Crippen LogP contribution is -2.54. The minimum Gasteiger partial charge on any atom is -0.379 e. The van der Waals surface area contributed by atoms with E-state index in [1.807, 2.05) is 0 Å². The molecular formula is C14H31N3O. The summed E-state index contributed by atoms with van der Waals surface area (Å²) in [6.45, 7) is 14.8. The molecule has 0 aromatic heterocycles. The van der Waals surface area contributed by atoms with Crippen molar-refractivity contribution >= 4 is 0 Å². The lowest BCUT2D eigenvalue weighted by atomic mass is 9.96. The molecule has 1 atom stereocenters. The van der Waals surface area contributed by atoms with Crippen LogP contribution in [0.4, 0.5) is 0 Å². The molecule has 4 nitrogen and oxygen atoms in total. The molecule has 1 rings (SSSR count). The van der Waals surface area contributed by atoms with E-state index in [4.69, 9.17) is 10.5 Å². The van der Waals surface area contributed by atoms with Crippen molar-refractivity contribution in [2.45, 2.75) is 39.2 Å². The third-order valence-electron chi connectivity index (χ3n) is 4.25. The first-order chi connectivity index (χ1) is 8.66. The number of nitrogens with two attached hydrogens (primary N) is 1. The fourth-order valence-electron chi connectivity index (χ4n) is 2.51. The highest BCUT2D eigenvalue weighted by molar-refractivity contribution is 4.86. The van der Waals surface area contributed by atoms with E-state index in [2.05, 4.69) is 30.6 Å².